The number of halogens is 1. The Balaban J connectivity index is 1.52. The predicted molar refractivity (Wildman–Crippen MR) is 105 cm³/mol. The Morgan fingerprint density at radius 1 is 1.04 bits per heavy atom. The molecule has 7 heteroatoms. The first-order chi connectivity index (χ1) is 13.4. The van der Waals surface area contributed by atoms with Crippen molar-refractivity contribution in [2.45, 2.75) is 37.8 Å². The summed E-state index contributed by atoms with van der Waals surface area (Å²) >= 11 is 0. The molecule has 148 valence electrons. The molecule has 2 aromatic rings. The van der Waals surface area contributed by atoms with E-state index in [1.165, 1.54) is 23.2 Å². The molecular weight excluding hydrogens is 359 g/mol. The van der Waals surface area contributed by atoms with Crippen LogP contribution < -0.4 is 10.6 Å². The fourth-order valence-corrected chi connectivity index (χ4v) is 3.30. The van der Waals surface area contributed by atoms with Crippen molar-refractivity contribution in [1.82, 2.24) is 20.5 Å². The molecule has 1 fully saturated rings. The SMILES string of the molecule is CN(C)C(=O)N[C@H]1CC[C@@H](NC(=O)c2ccc(-c3cccc(F)c3)nc2)CC1. The van der Waals surface area contributed by atoms with Crippen LogP contribution in [0.5, 0.6) is 0 Å². The Hall–Kier alpha value is -2.96. The summed E-state index contributed by atoms with van der Waals surface area (Å²) in [4.78, 5) is 30.0. The average Bonchev–Trinajstić information content (AvgIpc) is 2.69. The number of nitrogens with one attached hydrogen (secondary N) is 2. The average molecular weight is 384 g/mol. The summed E-state index contributed by atoms with van der Waals surface area (Å²) in [6.07, 6.45) is 4.82. The Bertz CT molecular complexity index is 831. The molecule has 0 saturated heterocycles. The molecule has 3 rings (SSSR count). The lowest BCUT2D eigenvalue weighted by molar-refractivity contribution is 0.0923. The Morgan fingerprint density at radius 2 is 1.71 bits per heavy atom. The van der Waals surface area contributed by atoms with Crippen molar-refractivity contribution < 1.29 is 14.0 Å². The maximum atomic E-state index is 13.3. The zero-order valence-corrected chi connectivity index (χ0v) is 16.1. The third-order valence-electron chi connectivity index (χ3n) is 4.94. The van der Waals surface area contributed by atoms with E-state index in [2.05, 4.69) is 15.6 Å². The standard InChI is InChI=1S/C21H25FN4O2/c1-26(2)21(28)25-18-9-7-17(8-10-18)24-20(27)15-6-11-19(23-13-15)14-4-3-5-16(22)12-14/h3-6,11-13,17-18H,7-10H2,1-2H3,(H,24,27)(H,25,28)/t17-,18+. The van der Waals surface area contributed by atoms with Crippen LogP contribution in [0.4, 0.5) is 9.18 Å². The molecule has 3 amide bonds. The first-order valence-corrected chi connectivity index (χ1v) is 9.43. The first kappa shape index (κ1) is 19.8. The Kier molecular flexibility index (Phi) is 6.23. The Morgan fingerprint density at radius 3 is 2.29 bits per heavy atom. The molecule has 1 heterocycles. The van der Waals surface area contributed by atoms with Gasteiger partial charge in [-0.25, -0.2) is 9.18 Å². The zero-order chi connectivity index (χ0) is 20.1. The lowest BCUT2D eigenvalue weighted by Gasteiger charge is -2.30. The number of carbonyl (C=O) groups is 2. The number of nitrogens with zero attached hydrogens (tertiary/aromatic N) is 2. The topological polar surface area (TPSA) is 74.3 Å². The van der Waals surface area contributed by atoms with Crippen molar-refractivity contribution in [1.29, 1.82) is 0 Å². The predicted octanol–water partition coefficient (Wildman–Crippen LogP) is 3.20. The van der Waals surface area contributed by atoms with E-state index >= 15 is 0 Å². The molecule has 0 radical (unpaired) electrons. The minimum absolute atomic E-state index is 0.0860. The third-order valence-corrected chi connectivity index (χ3v) is 4.94. The van der Waals surface area contributed by atoms with Gasteiger partial charge in [0.05, 0.1) is 11.3 Å². The number of hydrogen-bond donors (Lipinski definition) is 2. The van der Waals surface area contributed by atoms with Crippen LogP contribution in [0.1, 0.15) is 36.0 Å². The van der Waals surface area contributed by atoms with Gasteiger partial charge < -0.3 is 15.5 Å². The molecule has 1 saturated carbocycles. The summed E-state index contributed by atoms with van der Waals surface area (Å²) < 4.78 is 13.3. The van der Waals surface area contributed by atoms with Crippen LogP contribution in [-0.4, -0.2) is 48.0 Å². The van der Waals surface area contributed by atoms with E-state index in [-0.39, 0.29) is 29.8 Å². The lowest BCUT2D eigenvalue weighted by Crippen LogP contribution is -2.46. The van der Waals surface area contributed by atoms with Crippen molar-refractivity contribution in [3.8, 4) is 11.3 Å². The zero-order valence-electron chi connectivity index (χ0n) is 16.1. The number of benzene rings is 1. The fraction of sp³-hybridized carbons (Fsp3) is 0.381. The van der Waals surface area contributed by atoms with Gasteiger partial charge in [-0.15, -0.1) is 0 Å². The summed E-state index contributed by atoms with van der Waals surface area (Å²) in [5.74, 6) is -0.488. The number of urea groups is 1. The van der Waals surface area contributed by atoms with Gasteiger partial charge >= 0.3 is 6.03 Å². The fourth-order valence-electron chi connectivity index (χ4n) is 3.30. The smallest absolute Gasteiger partial charge is 0.317 e. The van der Waals surface area contributed by atoms with Crippen LogP contribution in [0.2, 0.25) is 0 Å². The summed E-state index contributed by atoms with van der Waals surface area (Å²) in [5, 5.41) is 6.03. The molecule has 2 N–H and O–H groups in total. The van der Waals surface area contributed by atoms with E-state index in [0.29, 0.717) is 16.8 Å². The highest BCUT2D eigenvalue weighted by Gasteiger charge is 2.24. The summed E-state index contributed by atoms with van der Waals surface area (Å²) in [6, 6.07) is 9.77. The molecule has 1 aliphatic carbocycles. The number of rotatable bonds is 4. The number of aromatic nitrogens is 1. The Labute approximate surface area is 164 Å². The van der Waals surface area contributed by atoms with Gasteiger partial charge in [0.2, 0.25) is 0 Å². The van der Waals surface area contributed by atoms with Gasteiger partial charge in [-0.05, 0) is 49.9 Å². The highest BCUT2D eigenvalue weighted by atomic mass is 19.1. The van der Waals surface area contributed by atoms with Gasteiger partial charge in [-0.2, -0.15) is 0 Å². The van der Waals surface area contributed by atoms with E-state index < -0.39 is 0 Å². The summed E-state index contributed by atoms with van der Waals surface area (Å²) in [7, 11) is 3.43. The molecule has 1 aromatic carbocycles. The van der Waals surface area contributed by atoms with E-state index in [9.17, 15) is 14.0 Å². The van der Waals surface area contributed by atoms with Crippen LogP contribution in [0, 0.1) is 5.82 Å². The van der Waals surface area contributed by atoms with Crippen molar-refractivity contribution in [3.05, 3.63) is 54.0 Å². The summed E-state index contributed by atoms with van der Waals surface area (Å²) in [6.45, 7) is 0. The summed E-state index contributed by atoms with van der Waals surface area (Å²) in [5.41, 5.74) is 1.77. The lowest BCUT2D eigenvalue weighted by atomic mass is 9.91. The molecule has 0 bridgehead atoms. The molecule has 0 atom stereocenters. The molecule has 6 nitrogen and oxygen atoms in total. The van der Waals surface area contributed by atoms with E-state index in [4.69, 9.17) is 0 Å². The van der Waals surface area contributed by atoms with E-state index in [0.717, 1.165) is 25.7 Å². The van der Waals surface area contributed by atoms with Crippen LogP contribution >= 0.6 is 0 Å². The van der Waals surface area contributed by atoms with Crippen LogP contribution in [0.25, 0.3) is 11.3 Å². The van der Waals surface area contributed by atoms with Crippen molar-refractivity contribution in [2.24, 2.45) is 0 Å². The number of carbonyl (C=O) groups excluding carboxylic acids is 2. The van der Waals surface area contributed by atoms with Crippen LogP contribution in [-0.2, 0) is 0 Å². The van der Waals surface area contributed by atoms with Gasteiger partial charge in [-0.1, -0.05) is 12.1 Å². The molecule has 1 aliphatic rings. The van der Waals surface area contributed by atoms with Gasteiger partial charge in [0.25, 0.3) is 5.91 Å². The highest BCUT2D eigenvalue weighted by Crippen LogP contribution is 2.20. The molecule has 28 heavy (non-hydrogen) atoms. The minimum atomic E-state index is -0.321. The maximum Gasteiger partial charge on any atom is 0.317 e. The molecular formula is C21H25FN4O2. The third kappa shape index (κ3) is 5.06. The van der Waals surface area contributed by atoms with Crippen molar-refractivity contribution in [3.63, 3.8) is 0 Å². The second-order valence-corrected chi connectivity index (χ2v) is 7.31. The second-order valence-electron chi connectivity index (χ2n) is 7.31. The first-order valence-electron chi connectivity index (χ1n) is 9.43. The monoisotopic (exact) mass is 384 g/mol. The molecule has 0 aliphatic heterocycles. The number of pyridine rings is 1. The maximum absolute atomic E-state index is 13.3. The van der Waals surface area contributed by atoms with Gasteiger partial charge in [-0.3, -0.25) is 9.78 Å². The molecule has 0 spiro atoms. The highest BCUT2D eigenvalue weighted by molar-refractivity contribution is 5.94. The largest absolute Gasteiger partial charge is 0.349 e. The van der Waals surface area contributed by atoms with Crippen molar-refractivity contribution in [2.75, 3.05) is 14.1 Å². The van der Waals surface area contributed by atoms with Gasteiger partial charge in [0, 0.05) is 37.9 Å². The quantitative estimate of drug-likeness (QED) is 0.850. The number of hydrogen-bond acceptors (Lipinski definition) is 3. The second kappa shape index (κ2) is 8.82. The number of amides is 3. The van der Waals surface area contributed by atoms with Gasteiger partial charge in [0.15, 0.2) is 0 Å². The van der Waals surface area contributed by atoms with Crippen molar-refractivity contribution >= 4 is 11.9 Å². The van der Waals surface area contributed by atoms with Crippen LogP contribution in [0.3, 0.4) is 0 Å². The molecule has 0 unspecified atom stereocenters. The van der Waals surface area contributed by atoms with E-state index in [1.54, 1.807) is 38.4 Å². The normalized spacial score (nSPS) is 19.0. The van der Waals surface area contributed by atoms with E-state index in [1.807, 2.05) is 0 Å². The minimum Gasteiger partial charge on any atom is -0.349 e. The van der Waals surface area contributed by atoms with Crippen LogP contribution in [0.15, 0.2) is 42.6 Å². The molecule has 1 aromatic heterocycles. The van der Waals surface area contributed by atoms with Gasteiger partial charge in [0.1, 0.15) is 5.82 Å².